The van der Waals surface area contributed by atoms with Crippen LogP contribution in [0.2, 0.25) is 0 Å². The summed E-state index contributed by atoms with van der Waals surface area (Å²) < 4.78 is 10.1. The topological polar surface area (TPSA) is 59.0 Å². The molecule has 1 heterocycles. The summed E-state index contributed by atoms with van der Waals surface area (Å²) in [5.74, 6) is 0.116. The zero-order chi connectivity index (χ0) is 17.2. The van der Waals surface area contributed by atoms with Gasteiger partial charge < -0.3 is 14.6 Å². The number of hydrogen-bond acceptors (Lipinski definition) is 5. The van der Waals surface area contributed by atoms with Crippen molar-refractivity contribution in [1.82, 2.24) is 4.90 Å². The summed E-state index contributed by atoms with van der Waals surface area (Å²) in [5, 5.41) is 10.6. The van der Waals surface area contributed by atoms with Crippen molar-refractivity contribution in [2.45, 2.75) is 44.8 Å². The first-order chi connectivity index (χ1) is 10.8. The molecule has 5 nitrogen and oxygen atoms in total. The molecule has 0 aliphatic carbocycles. The minimum atomic E-state index is -0.434. The predicted octanol–water partition coefficient (Wildman–Crippen LogP) is 2.43. The quantitative estimate of drug-likeness (QED) is 0.867. The molecule has 5 heteroatoms. The molecule has 0 spiro atoms. The Morgan fingerprint density at radius 3 is 2.52 bits per heavy atom. The average molecular weight is 321 g/mol. The van der Waals surface area contributed by atoms with Gasteiger partial charge >= 0.3 is 5.97 Å². The van der Waals surface area contributed by atoms with Crippen LogP contribution < -0.4 is 4.74 Å². The molecule has 2 rings (SSSR count). The zero-order valence-electron chi connectivity index (χ0n) is 14.6. The van der Waals surface area contributed by atoms with Crippen LogP contribution in [0.25, 0.3) is 0 Å². The van der Waals surface area contributed by atoms with Crippen LogP contribution in [-0.4, -0.2) is 54.9 Å². The number of benzene rings is 1. The molecule has 2 atom stereocenters. The van der Waals surface area contributed by atoms with E-state index in [1.54, 1.807) is 6.07 Å². The largest absolute Gasteiger partial charge is 0.496 e. The Hall–Kier alpha value is -1.59. The van der Waals surface area contributed by atoms with Crippen molar-refractivity contribution in [3.05, 3.63) is 29.3 Å². The molecular weight excluding hydrogens is 294 g/mol. The van der Waals surface area contributed by atoms with Gasteiger partial charge in [-0.2, -0.15) is 0 Å². The number of carbonyl (C=O) groups is 1. The van der Waals surface area contributed by atoms with Crippen molar-refractivity contribution in [2.24, 2.45) is 0 Å². The lowest BCUT2D eigenvalue weighted by atomic mass is 9.85. The van der Waals surface area contributed by atoms with Gasteiger partial charge in [0.2, 0.25) is 0 Å². The molecule has 2 unspecified atom stereocenters. The highest BCUT2D eigenvalue weighted by Gasteiger charge is 2.34. The van der Waals surface area contributed by atoms with E-state index in [-0.39, 0.29) is 11.5 Å². The normalized spacial score (nSPS) is 22.7. The first kappa shape index (κ1) is 17.8. The highest BCUT2D eigenvalue weighted by atomic mass is 16.5. The maximum absolute atomic E-state index is 11.7. The van der Waals surface area contributed by atoms with E-state index < -0.39 is 12.1 Å². The van der Waals surface area contributed by atoms with E-state index in [1.807, 2.05) is 12.1 Å². The molecule has 128 valence electrons. The summed E-state index contributed by atoms with van der Waals surface area (Å²) in [7, 11) is 2.88. The van der Waals surface area contributed by atoms with E-state index in [9.17, 15) is 9.90 Å². The van der Waals surface area contributed by atoms with Gasteiger partial charge in [-0.1, -0.05) is 6.07 Å². The highest BCUT2D eigenvalue weighted by Crippen LogP contribution is 2.34. The number of ether oxygens (including phenoxy) is 2. The minimum absolute atomic E-state index is 0.0502. The van der Waals surface area contributed by atoms with E-state index in [2.05, 4.69) is 25.7 Å². The van der Waals surface area contributed by atoms with E-state index in [4.69, 9.17) is 9.47 Å². The number of esters is 1. The third-order valence-electron chi connectivity index (χ3n) is 4.59. The summed E-state index contributed by atoms with van der Waals surface area (Å²) in [6, 6.07) is 5.44. The summed E-state index contributed by atoms with van der Waals surface area (Å²) in [5.41, 5.74) is 1.45. The van der Waals surface area contributed by atoms with Crippen LogP contribution in [0.5, 0.6) is 5.75 Å². The number of hydrogen-bond donors (Lipinski definition) is 1. The summed E-state index contributed by atoms with van der Waals surface area (Å²) in [4.78, 5) is 14.0. The van der Waals surface area contributed by atoms with E-state index in [0.717, 1.165) is 18.5 Å². The monoisotopic (exact) mass is 321 g/mol. The molecule has 0 bridgehead atoms. The SMILES string of the molecule is COC(=O)c1ccc(C2CCN(C(C)(C)C)CC2O)cc1OC. The van der Waals surface area contributed by atoms with Crippen LogP contribution >= 0.6 is 0 Å². The number of aliphatic hydroxyl groups is 1. The van der Waals surface area contributed by atoms with E-state index >= 15 is 0 Å². The van der Waals surface area contributed by atoms with Crippen molar-refractivity contribution in [3.8, 4) is 5.75 Å². The zero-order valence-corrected chi connectivity index (χ0v) is 14.6. The molecule has 0 aromatic heterocycles. The van der Waals surface area contributed by atoms with Gasteiger partial charge in [-0.05, 0) is 51.4 Å². The Morgan fingerprint density at radius 1 is 1.30 bits per heavy atom. The molecule has 1 fully saturated rings. The number of piperidine rings is 1. The fourth-order valence-corrected chi connectivity index (χ4v) is 3.15. The van der Waals surface area contributed by atoms with Gasteiger partial charge in [0.05, 0.1) is 20.3 Å². The maximum Gasteiger partial charge on any atom is 0.341 e. The van der Waals surface area contributed by atoms with Crippen LogP contribution in [0.15, 0.2) is 18.2 Å². The Kier molecular flexibility index (Phi) is 5.32. The van der Waals surface area contributed by atoms with Crippen LogP contribution in [0.1, 0.15) is 49.0 Å². The number of rotatable bonds is 3. The van der Waals surface area contributed by atoms with Gasteiger partial charge in [-0.3, -0.25) is 4.90 Å². The first-order valence-corrected chi connectivity index (χ1v) is 7.97. The molecule has 0 radical (unpaired) electrons. The Labute approximate surface area is 138 Å². The average Bonchev–Trinajstić information content (AvgIpc) is 2.52. The molecule has 0 amide bonds. The van der Waals surface area contributed by atoms with Gasteiger partial charge in [0, 0.05) is 18.0 Å². The van der Waals surface area contributed by atoms with Crippen molar-refractivity contribution >= 4 is 5.97 Å². The van der Waals surface area contributed by atoms with Gasteiger partial charge in [0.1, 0.15) is 11.3 Å². The number of aliphatic hydroxyl groups excluding tert-OH is 1. The van der Waals surface area contributed by atoms with Crippen LogP contribution in [0, 0.1) is 0 Å². The van der Waals surface area contributed by atoms with E-state index in [0.29, 0.717) is 17.9 Å². The second-order valence-corrected chi connectivity index (χ2v) is 7.03. The van der Waals surface area contributed by atoms with Gasteiger partial charge in [-0.15, -0.1) is 0 Å². The fourth-order valence-electron chi connectivity index (χ4n) is 3.15. The molecule has 1 saturated heterocycles. The second kappa shape index (κ2) is 6.89. The van der Waals surface area contributed by atoms with Crippen LogP contribution in [0.4, 0.5) is 0 Å². The third kappa shape index (κ3) is 3.85. The van der Waals surface area contributed by atoms with Crippen molar-refractivity contribution in [2.75, 3.05) is 27.3 Å². The number of nitrogens with zero attached hydrogens (tertiary/aromatic N) is 1. The highest BCUT2D eigenvalue weighted by molar-refractivity contribution is 5.92. The van der Waals surface area contributed by atoms with Crippen molar-refractivity contribution < 1.29 is 19.4 Å². The summed E-state index contributed by atoms with van der Waals surface area (Å²) in [6.45, 7) is 8.07. The van der Waals surface area contributed by atoms with Crippen molar-refractivity contribution in [1.29, 1.82) is 0 Å². The van der Waals surface area contributed by atoms with Crippen molar-refractivity contribution in [3.63, 3.8) is 0 Å². The van der Waals surface area contributed by atoms with E-state index in [1.165, 1.54) is 14.2 Å². The lowest BCUT2D eigenvalue weighted by Gasteiger charge is -2.43. The van der Waals surface area contributed by atoms with Crippen LogP contribution in [0.3, 0.4) is 0 Å². The maximum atomic E-state index is 11.7. The smallest absolute Gasteiger partial charge is 0.341 e. The fraction of sp³-hybridized carbons (Fsp3) is 0.611. The lowest BCUT2D eigenvalue weighted by molar-refractivity contribution is 0.00789. The Bertz CT molecular complexity index is 565. The molecule has 1 N–H and O–H groups in total. The predicted molar refractivity (Wildman–Crippen MR) is 89.0 cm³/mol. The molecular formula is C18H27NO4. The molecule has 1 aromatic carbocycles. The number of β-amino-alcohol motifs (C(OH)–C–C–N with tert-alkyl or cyclic N) is 1. The number of likely N-dealkylation sites (tertiary alicyclic amines) is 1. The molecule has 1 aliphatic heterocycles. The standard InChI is InChI=1S/C18H27NO4/c1-18(2,3)19-9-8-13(15(20)11-19)12-6-7-14(17(21)23-5)16(10-12)22-4/h6-7,10,13,15,20H,8-9,11H2,1-5H3. The second-order valence-electron chi connectivity index (χ2n) is 7.03. The minimum Gasteiger partial charge on any atom is -0.496 e. The number of methoxy groups -OCH3 is 2. The molecule has 1 aromatic rings. The Morgan fingerprint density at radius 2 is 2.00 bits per heavy atom. The van der Waals surface area contributed by atoms with Gasteiger partial charge in [-0.25, -0.2) is 4.79 Å². The first-order valence-electron chi connectivity index (χ1n) is 7.97. The van der Waals surface area contributed by atoms with Crippen LogP contribution in [-0.2, 0) is 4.74 Å². The number of carbonyl (C=O) groups excluding carboxylic acids is 1. The van der Waals surface area contributed by atoms with Gasteiger partial charge in [0.15, 0.2) is 0 Å². The van der Waals surface area contributed by atoms with Gasteiger partial charge in [0.25, 0.3) is 0 Å². The summed E-state index contributed by atoms with van der Waals surface area (Å²) in [6.07, 6.45) is 0.441. The lowest BCUT2D eigenvalue weighted by Crippen LogP contribution is -2.51. The summed E-state index contributed by atoms with van der Waals surface area (Å²) >= 11 is 0. The third-order valence-corrected chi connectivity index (χ3v) is 4.59. The molecule has 1 aliphatic rings. The molecule has 23 heavy (non-hydrogen) atoms. The Balaban J connectivity index is 2.21. The molecule has 0 saturated carbocycles.